The van der Waals surface area contributed by atoms with E-state index < -0.39 is 28.7 Å². The number of hydrogen-bond acceptors (Lipinski definition) is 6. The summed E-state index contributed by atoms with van der Waals surface area (Å²) in [6.45, 7) is 10.5. The molecule has 0 aromatic heterocycles. The lowest BCUT2D eigenvalue weighted by atomic mass is 9.47. The third kappa shape index (κ3) is 4.90. The molecular formula is C27H44O7S. The molecular weight excluding hydrogens is 468 g/mol. The summed E-state index contributed by atoms with van der Waals surface area (Å²) in [5.74, 6) is 1.11. The number of rotatable bonds is 7. The number of hydrogen-bond donors (Lipinski definition) is 3. The maximum absolute atomic E-state index is 12.6. The van der Waals surface area contributed by atoms with Gasteiger partial charge in [0.2, 0.25) is 0 Å². The Balaban J connectivity index is 1.54. The third-order valence-electron chi connectivity index (χ3n) is 10.5. The van der Waals surface area contributed by atoms with Crippen molar-refractivity contribution in [2.24, 2.45) is 46.3 Å². The number of Topliss-reactive ketones (excluding diaryl/α,β-unsaturated/α-hetero) is 1. The molecule has 10 atom stereocenters. The lowest BCUT2D eigenvalue weighted by Crippen LogP contribution is -2.54. The van der Waals surface area contributed by atoms with E-state index in [9.17, 15) is 23.4 Å². The SMILES string of the molecule is CC(C)C(O)C(=O)C[C@@H](C)C1CCC2C3CC(O)C4CC(OS(=O)(=O)O)CC[C@]4(C)C3=CC[C@@]21C. The maximum atomic E-state index is 12.6. The fourth-order valence-corrected chi connectivity index (χ4v) is 9.24. The molecule has 4 aliphatic rings. The van der Waals surface area contributed by atoms with Gasteiger partial charge in [-0.1, -0.05) is 46.3 Å². The lowest BCUT2D eigenvalue weighted by molar-refractivity contribution is -0.130. The van der Waals surface area contributed by atoms with Gasteiger partial charge in [-0.2, -0.15) is 8.42 Å². The van der Waals surface area contributed by atoms with E-state index >= 15 is 0 Å². The number of aliphatic hydroxyl groups is 2. The Bertz CT molecular complexity index is 959. The van der Waals surface area contributed by atoms with Crippen molar-refractivity contribution >= 4 is 16.2 Å². The molecule has 0 aromatic rings. The second-order valence-electron chi connectivity index (χ2n) is 12.9. The molecule has 0 spiro atoms. The summed E-state index contributed by atoms with van der Waals surface area (Å²) >= 11 is 0. The molecule has 7 unspecified atom stereocenters. The van der Waals surface area contributed by atoms with E-state index in [0.717, 1.165) is 25.7 Å². The van der Waals surface area contributed by atoms with E-state index in [1.165, 1.54) is 5.57 Å². The van der Waals surface area contributed by atoms with Gasteiger partial charge in [0.1, 0.15) is 6.10 Å². The standard InChI is InChI=1S/C27H44O7S/c1-15(2)25(30)24(29)12-16(3)19-6-7-20-18-14-23(28)22-13-17(34-35(31,32)33)8-10-27(22,5)21(18)9-11-26(19,20)4/h9,15-20,22-23,25,28,30H,6-8,10-14H2,1-5H3,(H,31,32,33)/t16-,17?,18?,19?,20?,22?,23?,25?,26-,27-/m1/s1. The maximum Gasteiger partial charge on any atom is 0.397 e. The van der Waals surface area contributed by atoms with Crippen molar-refractivity contribution < 1.29 is 32.2 Å². The van der Waals surface area contributed by atoms with Crippen LogP contribution < -0.4 is 0 Å². The minimum absolute atomic E-state index is 0.0566. The number of fused-ring (bicyclic) bond motifs is 5. The van der Waals surface area contributed by atoms with Crippen molar-refractivity contribution in [1.82, 2.24) is 0 Å². The van der Waals surface area contributed by atoms with Crippen molar-refractivity contribution in [2.75, 3.05) is 0 Å². The van der Waals surface area contributed by atoms with Crippen LogP contribution in [-0.2, 0) is 19.4 Å². The molecule has 200 valence electrons. The van der Waals surface area contributed by atoms with Crippen LogP contribution in [-0.4, -0.2) is 47.3 Å². The minimum Gasteiger partial charge on any atom is -0.393 e. The van der Waals surface area contributed by atoms with Gasteiger partial charge in [-0.3, -0.25) is 9.35 Å². The van der Waals surface area contributed by atoms with Crippen LogP contribution in [0.1, 0.15) is 86.0 Å². The molecule has 0 radical (unpaired) electrons. The first kappa shape index (κ1) is 27.2. The zero-order valence-electron chi connectivity index (χ0n) is 21.8. The van der Waals surface area contributed by atoms with Crippen LogP contribution in [0.2, 0.25) is 0 Å². The zero-order chi connectivity index (χ0) is 25.9. The third-order valence-corrected chi connectivity index (χ3v) is 11.0. The van der Waals surface area contributed by atoms with E-state index in [1.54, 1.807) is 0 Å². The number of ketones is 1. The van der Waals surface area contributed by atoms with Crippen LogP contribution in [0.25, 0.3) is 0 Å². The first-order chi connectivity index (χ1) is 16.2. The Morgan fingerprint density at radius 2 is 1.83 bits per heavy atom. The number of carbonyl (C=O) groups is 1. The van der Waals surface area contributed by atoms with Crippen molar-refractivity contribution in [1.29, 1.82) is 0 Å². The lowest BCUT2D eigenvalue weighted by Gasteiger charge is -2.58. The Morgan fingerprint density at radius 1 is 1.14 bits per heavy atom. The Hall–Kier alpha value is -0.800. The highest BCUT2D eigenvalue weighted by atomic mass is 32.3. The monoisotopic (exact) mass is 512 g/mol. The van der Waals surface area contributed by atoms with Crippen molar-refractivity contribution in [3.05, 3.63) is 11.6 Å². The fraction of sp³-hybridized carbons (Fsp3) is 0.889. The van der Waals surface area contributed by atoms with Crippen molar-refractivity contribution in [3.8, 4) is 0 Å². The Morgan fingerprint density at radius 3 is 2.46 bits per heavy atom. The first-order valence-corrected chi connectivity index (χ1v) is 14.8. The largest absolute Gasteiger partial charge is 0.397 e. The average molecular weight is 513 g/mol. The molecule has 0 bridgehead atoms. The molecule has 7 nitrogen and oxygen atoms in total. The van der Waals surface area contributed by atoms with Crippen molar-refractivity contribution in [3.63, 3.8) is 0 Å². The topological polar surface area (TPSA) is 121 Å². The van der Waals surface area contributed by atoms with Gasteiger partial charge in [-0.05, 0) is 91.3 Å². The van der Waals surface area contributed by atoms with Gasteiger partial charge in [-0.25, -0.2) is 4.18 Å². The summed E-state index contributed by atoms with van der Waals surface area (Å²) in [5, 5.41) is 21.5. The highest BCUT2D eigenvalue weighted by Gasteiger charge is 2.60. The van der Waals surface area contributed by atoms with Gasteiger partial charge >= 0.3 is 10.4 Å². The fourth-order valence-electron chi connectivity index (χ4n) is 8.72. The van der Waals surface area contributed by atoms with Crippen LogP contribution in [0.15, 0.2) is 11.6 Å². The normalized spacial score (nSPS) is 43.1. The predicted molar refractivity (Wildman–Crippen MR) is 133 cm³/mol. The minimum atomic E-state index is -4.51. The summed E-state index contributed by atoms with van der Waals surface area (Å²) < 4.78 is 36.5. The van der Waals surface area contributed by atoms with E-state index in [1.807, 2.05) is 13.8 Å². The van der Waals surface area contributed by atoms with Crippen LogP contribution in [0.5, 0.6) is 0 Å². The van der Waals surface area contributed by atoms with E-state index in [0.29, 0.717) is 37.5 Å². The van der Waals surface area contributed by atoms with E-state index in [4.69, 9.17) is 8.74 Å². The molecule has 0 aliphatic heterocycles. The smallest absolute Gasteiger partial charge is 0.393 e. The zero-order valence-corrected chi connectivity index (χ0v) is 22.6. The van der Waals surface area contributed by atoms with Crippen LogP contribution >= 0.6 is 0 Å². The molecule has 3 saturated carbocycles. The van der Waals surface area contributed by atoms with Gasteiger partial charge in [0.25, 0.3) is 0 Å². The summed E-state index contributed by atoms with van der Waals surface area (Å²) in [6, 6.07) is 0. The summed E-state index contributed by atoms with van der Waals surface area (Å²) in [7, 11) is -4.51. The van der Waals surface area contributed by atoms with Gasteiger partial charge in [-0.15, -0.1) is 0 Å². The van der Waals surface area contributed by atoms with Gasteiger partial charge in [0, 0.05) is 6.42 Å². The molecule has 35 heavy (non-hydrogen) atoms. The molecule has 0 amide bonds. The highest BCUT2D eigenvalue weighted by molar-refractivity contribution is 7.80. The number of carbonyl (C=O) groups excluding carboxylic acids is 1. The molecule has 4 aliphatic carbocycles. The Labute approximate surface area is 210 Å². The molecule has 0 aromatic carbocycles. The second kappa shape index (κ2) is 9.50. The van der Waals surface area contributed by atoms with E-state index in [-0.39, 0.29) is 40.3 Å². The van der Waals surface area contributed by atoms with E-state index in [2.05, 4.69) is 26.8 Å². The Kier molecular flexibility index (Phi) is 7.39. The van der Waals surface area contributed by atoms with Gasteiger partial charge in [0.05, 0.1) is 12.2 Å². The predicted octanol–water partition coefficient (Wildman–Crippen LogP) is 4.34. The molecule has 3 N–H and O–H groups in total. The number of allylic oxidation sites excluding steroid dienone is 2. The molecule has 4 rings (SSSR count). The molecule has 8 heteroatoms. The number of aliphatic hydroxyl groups excluding tert-OH is 2. The molecule has 0 saturated heterocycles. The summed E-state index contributed by atoms with van der Waals surface area (Å²) in [4.78, 5) is 12.6. The van der Waals surface area contributed by atoms with Gasteiger partial charge in [0.15, 0.2) is 5.78 Å². The summed E-state index contributed by atoms with van der Waals surface area (Å²) in [5.41, 5.74) is 1.27. The van der Waals surface area contributed by atoms with Crippen LogP contribution in [0.3, 0.4) is 0 Å². The van der Waals surface area contributed by atoms with Crippen LogP contribution in [0.4, 0.5) is 0 Å². The highest BCUT2D eigenvalue weighted by Crippen LogP contribution is 2.66. The average Bonchev–Trinajstić information content (AvgIpc) is 3.10. The molecule has 0 heterocycles. The van der Waals surface area contributed by atoms with Crippen LogP contribution in [0, 0.1) is 46.3 Å². The van der Waals surface area contributed by atoms with Crippen molar-refractivity contribution in [2.45, 2.75) is 104 Å². The van der Waals surface area contributed by atoms with Gasteiger partial charge < -0.3 is 10.2 Å². The molecule has 3 fully saturated rings. The second-order valence-corrected chi connectivity index (χ2v) is 13.9. The quantitative estimate of drug-likeness (QED) is 0.343. The summed E-state index contributed by atoms with van der Waals surface area (Å²) in [6.07, 6.45) is 6.20. The first-order valence-electron chi connectivity index (χ1n) is 13.4.